The van der Waals surface area contributed by atoms with Crippen molar-refractivity contribution in [2.24, 2.45) is 0 Å². The van der Waals surface area contributed by atoms with Crippen molar-refractivity contribution >= 4 is 7.60 Å². The first-order chi connectivity index (χ1) is 10.7. The summed E-state index contributed by atoms with van der Waals surface area (Å²) >= 11 is 0. The summed E-state index contributed by atoms with van der Waals surface area (Å²) in [5.74, 6) is 0.0212. The normalized spacial score (nSPS) is 28.2. The van der Waals surface area contributed by atoms with Gasteiger partial charge in [-0.15, -0.1) is 0 Å². The van der Waals surface area contributed by atoms with Gasteiger partial charge in [-0.25, -0.2) is 0 Å². The van der Waals surface area contributed by atoms with Crippen molar-refractivity contribution in [1.29, 1.82) is 0 Å². The van der Waals surface area contributed by atoms with Crippen LogP contribution in [0.15, 0.2) is 30.3 Å². The van der Waals surface area contributed by atoms with Crippen LogP contribution in [0.4, 0.5) is 0 Å². The lowest BCUT2D eigenvalue weighted by Gasteiger charge is -2.40. The zero-order valence-corrected chi connectivity index (χ0v) is 15.5. The first kappa shape index (κ1) is 18.6. The second kappa shape index (κ2) is 6.66. The molecule has 2 atom stereocenters. The molecule has 23 heavy (non-hydrogen) atoms. The summed E-state index contributed by atoms with van der Waals surface area (Å²) in [6.45, 7) is 9.80. The van der Waals surface area contributed by atoms with Gasteiger partial charge in [-0.1, -0.05) is 30.3 Å². The highest BCUT2D eigenvalue weighted by atomic mass is 31.2. The fourth-order valence-electron chi connectivity index (χ4n) is 3.59. The van der Waals surface area contributed by atoms with E-state index < -0.39 is 18.4 Å². The van der Waals surface area contributed by atoms with E-state index in [9.17, 15) is 9.77 Å². The van der Waals surface area contributed by atoms with Crippen LogP contribution in [0.1, 0.15) is 52.5 Å². The molecule has 130 valence electrons. The van der Waals surface area contributed by atoms with Crippen molar-refractivity contribution in [3.8, 4) is 0 Å². The van der Waals surface area contributed by atoms with Crippen LogP contribution in [0.3, 0.4) is 0 Å². The minimum atomic E-state index is -3.50. The van der Waals surface area contributed by atoms with E-state index in [2.05, 4.69) is 0 Å². The average molecular weight is 341 g/mol. The third-order valence-electron chi connectivity index (χ3n) is 4.84. The Kier molecular flexibility index (Phi) is 5.39. The summed E-state index contributed by atoms with van der Waals surface area (Å²) in [5, 5.41) is 11.0. The van der Waals surface area contributed by atoms with Gasteiger partial charge in [-0.2, -0.15) is 5.06 Å². The molecule has 1 N–H and O–H groups in total. The van der Waals surface area contributed by atoms with Gasteiger partial charge in [0.15, 0.2) is 0 Å². The predicted molar refractivity (Wildman–Crippen MR) is 90.8 cm³/mol. The number of hydroxylamine groups is 2. The lowest BCUT2D eigenvalue weighted by Crippen LogP contribution is -2.48. The van der Waals surface area contributed by atoms with Crippen molar-refractivity contribution in [2.45, 2.75) is 57.8 Å². The van der Waals surface area contributed by atoms with Gasteiger partial charge in [0.25, 0.3) is 0 Å². The van der Waals surface area contributed by atoms with Crippen LogP contribution in [0.2, 0.25) is 0 Å². The molecule has 1 aliphatic rings. The highest BCUT2D eigenvalue weighted by Crippen LogP contribution is 2.69. The minimum Gasteiger partial charge on any atom is -0.312 e. The van der Waals surface area contributed by atoms with Gasteiger partial charge in [0, 0.05) is 11.5 Å². The maximum Gasteiger partial charge on any atom is 0.352 e. The molecular weight excluding hydrogens is 313 g/mol. The summed E-state index contributed by atoms with van der Waals surface area (Å²) in [6.07, 6.45) is 0.498. The molecule has 6 heteroatoms. The Hall–Kier alpha value is -0.710. The van der Waals surface area contributed by atoms with E-state index in [-0.39, 0.29) is 19.1 Å². The molecule has 0 spiro atoms. The average Bonchev–Trinajstić information content (AvgIpc) is 2.70. The zero-order valence-electron chi connectivity index (χ0n) is 14.7. The molecular formula is C17H28NO4P. The fourth-order valence-corrected chi connectivity index (χ4v) is 5.79. The summed E-state index contributed by atoms with van der Waals surface area (Å²) < 4.78 is 24.4. The van der Waals surface area contributed by atoms with Crippen LogP contribution in [0.5, 0.6) is 0 Å². The van der Waals surface area contributed by atoms with Crippen LogP contribution >= 0.6 is 7.60 Å². The fraction of sp³-hybridized carbons (Fsp3) is 0.647. The van der Waals surface area contributed by atoms with Crippen molar-refractivity contribution in [1.82, 2.24) is 5.06 Å². The Bertz CT molecular complexity index is 567. The van der Waals surface area contributed by atoms with E-state index in [1.54, 1.807) is 20.8 Å². The van der Waals surface area contributed by atoms with Crippen molar-refractivity contribution < 1.29 is 18.8 Å². The number of rotatable bonds is 6. The molecule has 0 radical (unpaired) electrons. The second-order valence-electron chi connectivity index (χ2n) is 6.68. The highest BCUT2D eigenvalue weighted by molar-refractivity contribution is 7.55. The van der Waals surface area contributed by atoms with Crippen LogP contribution in [-0.4, -0.2) is 34.3 Å². The summed E-state index contributed by atoms with van der Waals surface area (Å²) in [4.78, 5) is 0. The molecule has 2 unspecified atom stereocenters. The molecule has 1 aliphatic heterocycles. The lowest BCUT2D eigenvalue weighted by molar-refractivity contribution is -0.180. The highest BCUT2D eigenvalue weighted by Gasteiger charge is 2.63. The van der Waals surface area contributed by atoms with Gasteiger partial charge < -0.3 is 14.3 Å². The van der Waals surface area contributed by atoms with Crippen LogP contribution in [0.25, 0.3) is 0 Å². The third-order valence-corrected chi connectivity index (χ3v) is 7.58. The van der Waals surface area contributed by atoms with E-state index in [1.807, 2.05) is 44.2 Å². The molecule has 0 saturated carbocycles. The minimum absolute atomic E-state index is 0.0212. The molecule has 1 aromatic carbocycles. The first-order valence-electron chi connectivity index (χ1n) is 8.16. The molecule has 1 heterocycles. The maximum absolute atomic E-state index is 13.4. The summed E-state index contributed by atoms with van der Waals surface area (Å²) in [5.41, 5.74) is 0.528. The second-order valence-corrected chi connectivity index (χ2v) is 9.16. The van der Waals surface area contributed by atoms with E-state index in [1.165, 1.54) is 5.06 Å². The van der Waals surface area contributed by atoms with Gasteiger partial charge in [0.1, 0.15) is 5.28 Å². The Morgan fingerprint density at radius 1 is 1.17 bits per heavy atom. The largest absolute Gasteiger partial charge is 0.352 e. The van der Waals surface area contributed by atoms with Crippen molar-refractivity contribution in [2.75, 3.05) is 13.2 Å². The van der Waals surface area contributed by atoms with Crippen LogP contribution < -0.4 is 0 Å². The molecule has 0 bridgehead atoms. The molecule has 1 aromatic rings. The quantitative estimate of drug-likeness (QED) is 0.765. The van der Waals surface area contributed by atoms with Gasteiger partial charge in [0.05, 0.1) is 13.2 Å². The zero-order chi connectivity index (χ0) is 17.3. The lowest BCUT2D eigenvalue weighted by atomic mass is 9.83. The summed E-state index contributed by atoms with van der Waals surface area (Å²) in [6, 6.07) is 10.0. The van der Waals surface area contributed by atoms with E-state index in [0.717, 1.165) is 5.56 Å². The molecule has 0 aliphatic carbocycles. The number of hydrogen-bond acceptors (Lipinski definition) is 5. The van der Waals surface area contributed by atoms with Crippen molar-refractivity contribution in [3.63, 3.8) is 0 Å². The first-order valence-corrected chi connectivity index (χ1v) is 9.70. The van der Waals surface area contributed by atoms with Gasteiger partial charge in [-0.3, -0.25) is 4.57 Å². The van der Waals surface area contributed by atoms with E-state index in [0.29, 0.717) is 6.42 Å². The molecule has 2 rings (SSSR count). The van der Waals surface area contributed by atoms with Gasteiger partial charge >= 0.3 is 7.60 Å². The monoisotopic (exact) mass is 341 g/mol. The maximum atomic E-state index is 13.4. The molecule has 1 fully saturated rings. The van der Waals surface area contributed by atoms with E-state index >= 15 is 0 Å². The number of benzene rings is 1. The van der Waals surface area contributed by atoms with Gasteiger partial charge in [0.2, 0.25) is 0 Å². The Morgan fingerprint density at radius 2 is 1.70 bits per heavy atom. The molecule has 0 amide bonds. The topological polar surface area (TPSA) is 59.0 Å². The Labute approximate surface area is 139 Å². The third kappa shape index (κ3) is 3.01. The molecule has 5 nitrogen and oxygen atoms in total. The SMILES string of the molecule is CCOP(=O)(OCC)C1(C)CC(c2ccccc2)C(C)(C)N1O. The molecule has 1 saturated heterocycles. The predicted octanol–water partition coefficient (Wildman–Crippen LogP) is 4.63. The van der Waals surface area contributed by atoms with Crippen LogP contribution in [-0.2, 0) is 13.6 Å². The van der Waals surface area contributed by atoms with E-state index in [4.69, 9.17) is 9.05 Å². The van der Waals surface area contributed by atoms with Gasteiger partial charge in [-0.05, 0) is 46.6 Å². The Morgan fingerprint density at radius 3 is 2.17 bits per heavy atom. The molecule has 0 aromatic heterocycles. The number of nitrogens with zero attached hydrogens (tertiary/aromatic N) is 1. The Balaban J connectivity index is 2.46. The smallest absolute Gasteiger partial charge is 0.312 e. The summed E-state index contributed by atoms with van der Waals surface area (Å²) in [7, 11) is -3.50. The van der Waals surface area contributed by atoms with Crippen LogP contribution in [0, 0.1) is 0 Å². The number of hydrogen-bond donors (Lipinski definition) is 1. The standard InChI is InChI=1S/C17H28NO4P/c1-6-21-23(20,22-7-2)17(5)13-15(16(3,4)18(17)19)14-11-9-8-10-12-14/h8-12,15,19H,6-7,13H2,1-5H3. The van der Waals surface area contributed by atoms with Crippen molar-refractivity contribution in [3.05, 3.63) is 35.9 Å².